The summed E-state index contributed by atoms with van der Waals surface area (Å²) in [5.74, 6) is 1.32. The summed E-state index contributed by atoms with van der Waals surface area (Å²) >= 11 is 0. The molecule has 2 aromatic carbocycles. The molecule has 2 N–H and O–H groups in total. The first-order chi connectivity index (χ1) is 15.3. The number of ether oxygens (including phenoxy) is 2. The quantitative estimate of drug-likeness (QED) is 0.416. The third kappa shape index (κ3) is 4.19. The molecule has 0 aliphatic rings. The molecule has 4 aromatic rings. The van der Waals surface area contributed by atoms with Gasteiger partial charge >= 0.3 is 6.01 Å². The van der Waals surface area contributed by atoms with Gasteiger partial charge in [-0.2, -0.15) is 0 Å². The number of aromatic amines is 1. The zero-order valence-corrected chi connectivity index (χ0v) is 19.1. The van der Waals surface area contributed by atoms with Crippen LogP contribution >= 0.6 is 0 Å². The zero-order chi connectivity index (χ0) is 22.9. The van der Waals surface area contributed by atoms with Gasteiger partial charge in [0.15, 0.2) is 5.82 Å². The van der Waals surface area contributed by atoms with Gasteiger partial charge in [0, 0.05) is 24.3 Å². The largest absolute Gasteiger partial charge is 0.495 e. The van der Waals surface area contributed by atoms with Crippen molar-refractivity contribution in [2.24, 2.45) is 0 Å². The van der Waals surface area contributed by atoms with Gasteiger partial charge in [0.05, 0.1) is 13.2 Å². The monoisotopic (exact) mass is 455 g/mol. The van der Waals surface area contributed by atoms with Gasteiger partial charge in [-0.3, -0.25) is 4.57 Å². The molecule has 0 aliphatic carbocycles. The maximum Gasteiger partial charge on any atom is 0.322 e. The molecule has 2 aromatic heterocycles. The Balaban J connectivity index is 1.60. The van der Waals surface area contributed by atoms with Crippen molar-refractivity contribution >= 4 is 20.9 Å². The molecule has 0 radical (unpaired) electrons. The second-order valence-electron chi connectivity index (χ2n) is 7.41. The molecule has 0 saturated heterocycles. The van der Waals surface area contributed by atoms with Crippen molar-refractivity contribution in [1.29, 1.82) is 0 Å². The van der Waals surface area contributed by atoms with E-state index >= 15 is 0 Å². The molecule has 0 fully saturated rings. The fourth-order valence-corrected chi connectivity index (χ4v) is 4.99. The maximum atomic E-state index is 13.1. The van der Waals surface area contributed by atoms with Gasteiger partial charge in [-0.25, -0.2) is 13.1 Å². The number of aryl methyl sites for hydroxylation is 1. The van der Waals surface area contributed by atoms with Crippen LogP contribution in [-0.2, 0) is 16.6 Å². The number of benzene rings is 2. The Kier molecular flexibility index (Phi) is 5.90. The summed E-state index contributed by atoms with van der Waals surface area (Å²) < 4.78 is 41.7. The maximum absolute atomic E-state index is 13.1. The van der Waals surface area contributed by atoms with Crippen LogP contribution in [0.2, 0.25) is 0 Å². The van der Waals surface area contributed by atoms with Crippen LogP contribution in [-0.4, -0.2) is 35.3 Å². The van der Waals surface area contributed by atoms with Crippen LogP contribution < -0.4 is 14.2 Å². The smallest absolute Gasteiger partial charge is 0.322 e. The van der Waals surface area contributed by atoms with Crippen LogP contribution in [0.15, 0.2) is 53.6 Å². The highest BCUT2D eigenvalue weighted by molar-refractivity contribution is 7.89. The summed E-state index contributed by atoms with van der Waals surface area (Å²) in [5.41, 5.74) is 1.75. The summed E-state index contributed by atoms with van der Waals surface area (Å²) in [7, 11) is -2.43. The number of aromatic nitrogens is 4. The van der Waals surface area contributed by atoms with Crippen molar-refractivity contribution < 1.29 is 17.9 Å². The lowest BCUT2D eigenvalue weighted by Gasteiger charge is -2.17. The van der Waals surface area contributed by atoms with E-state index in [1.807, 2.05) is 44.3 Å². The van der Waals surface area contributed by atoms with Crippen LogP contribution in [0.1, 0.15) is 31.3 Å². The van der Waals surface area contributed by atoms with Gasteiger partial charge in [0.25, 0.3) is 0 Å². The number of fused-ring (bicyclic) bond motifs is 1. The van der Waals surface area contributed by atoms with E-state index in [2.05, 4.69) is 19.9 Å². The first-order valence-electron chi connectivity index (χ1n) is 10.2. The Labute approximate surface area is 186 Å². The minimum absolute atomic E-state index is 0.0742. The Morgan fingerprint density at radius 1 is 1.16 bits per heavy atom. The molecule has 0 spiro atoms. The van der Waals surface area contributed by atoms with Gasteiger partial charge in [-0.15, -0.1) is 5.10 Å². The summed E-state index contributed by atoms with van der Waals surface area (Å²) in [6.45, 7) is 5.95. The molecule has 32 heavy (non-hydrogen) atoms. The van der Waals surface area contributed by atoms with E-state index in [0.717, 1.165) is 16.5 Å². The number of sulfonamides is 1. The predicted molar refractivity (Wildman–Crippen MR) is 121 cm³/mol. The van der Waals surface area contributed by atoms with Crippen molar-refractivity contribution in [1.82, 2.24) is 24.5 Å². The van der Waals surface area contributed by atoms with Crippen molar-refractivity contribution in [2.75, 3.05) is 7.11 Å². The van der Waals surface area contributed by atoms with E-state index < -0.39 is 16.1 Å². The van der Waals surface area contributed by atoms with E-state index in [-0.39, 0.29) is 16.7 Å². The summed E-state index contributed by atoms with van der Waals surface area (Å²) in [6.07, 6.45) is 1.86. The van der Waals surface area contributed by atoms with Gasteiger partial charge in [-0.05, 0) is 62.1 Å². The lowest BCUT2D eigenvalue weighted by molar-refractivity contribution is 0.401. The Morgan fingerprint density at radius 2 is 1.97 bits per heavy atom. The standard InChI is InChI=1S/C22H25N5O4S/c1-5-27-21(15(3)26-32(28,29)20-12-14(2)6-9-19(20)30-4)24-25-22(27)31-17-8-7-16-10-11-23-18(16)13-17/h6-13,15,23,26H,5H2,1-4H3/t15-/m1/s1. The van der Waals surface area contributed by atoms with E-state index in [4.69, 9.17) is 9.47 Å². The molecule has 0 aliphatic heterocycles. The minimum Gasteiger partial charge on any atom is -0.495 e. The lowest BCUT2D eigenvalue weighted by atomic mass is 10.2. The highest BCUT2D eigenvalue weighted by Crippen LogP contribution is 2.28. The first-order valence-corrected chi connectivity index (χ1v) is 11.7. The molecular formula is C22H25N5O4S. The average Bonchev–Trinajstić information content (AvgIpc) is 3.39. The number of hydrogen-bond donors (Lipinski definition) is 2. The van der Waals surface area contributed by atoms with Crippen molar-refractivity contribution in [3.8, 4) is 17.5 Å². The van der Waals surface area contributed by atoms with E-state index in [1.165, 1.54) is 7.11 Å². The highest BCUT2D eigenvalue weighted by Gasteiger charge is 2.26. The van der Waals surface area contributed by atoms with Gasteiger partial charge < -0.3 is 14.5 Å². The molecular weight excluding hydrogens is 430 g/mol. The third-order valence-corrected chi connectivity index (χ3v) is 6.69. The van der Waals surface area contributed by atoms with E-state index in [1.54, 1.807) is 29.7 Å². The number of methoxy groups -OCH3 is 1. The molecule has 10 heteroatoms. The fraction of sp³-hybridized carbons (Fsp3) is 0.273. The third-order valence-electron chi connectivity index (χ3n) is 5.13. The number of H-pyrrole nitrogens is 1. The van der Waals surface area contributed by atoms with Crippen LogP contribution in [0.5, 0.6) is 17.5 Å². The SMILES string of the molecule is CCn1c(Oc2ccc3cc[nH]c3c2)nnc1[C@@H](C)NS(=O)(=O)c1cc(C)ccc1OC. The molecule has 168 valence electrons. The number of nitrogens with one attached hydrogen (secondary N) is 2. The molecule has 9 nitrogen and oxygen atoms in total. The average molecular weight is 456 g/mol. The van der Waals surface area contributed by atoms with Crippen molar-refractivity contribution in [3.63, 3.8) is 0 Å². The molecule has 0 unspecified atom stereocenters. The van der Waals surface area contributed by atoms with E-state index in [0.29, 0.717) is 18.1 Å². The topological polar surface area (TPSA) is 111 Å². The highest BCUT2D eigenvalue weighted by atomic mass is 32.2. The van der Waals surface area contributed by atoms with Crippen LogP contribution in [0, 0.1) is 6.92 Å². The second-order valence-corrected chi connectivity index (χ2v) is 9.09. The molecule has 4 rings (SSSR count). The van der Waals surface area contributed by atoms with Gasteiger partial charge in [0.2, 0.25) is 10.0 Å². The van der Waals surface area contributed by atoms with Crippen molar-refractivity contribution in [2.45, 2.75) is 38.3 Å². The molecule has 1 atom stereocenters. The fourth-order valence-electron chi connectivity index (χ4n) is 3.53. The number of nitrogens with zero attached hydrogens (tertiary/aromatic N) is 3. The minimum atomic E-state index is -3.87. The normalized spacial score (nSPS) is 12.8. The predicted octanol–water partition coefficient (Wildman–Crippen LogP) is 3.93. The summed E-state index contributed by atoms with van der Waals surface area (Å²) in [4.78, 5) is 3.22. The molecule has 2 heterocycles. The molecule has 0 saturated carbocycles. The zero-order valence-electron chi connectivity index (χ0n) is 18.3. The van der Waals surface area contributed by atoms with Crippen LogP contribution in [0.4, 0.5) is 0 Å². The van der Waals surface area contributed by atoms with Crippen LogP contribution in [0.3, 0.4) is 0 Å². The Bertz CT molecular complexity index is 1360. The Morgan fingerprint density at radius 3 is 2.72 bits per heavy atom. The summed E-state index contributed by atoms with van der Waals surface area (Å²) in [5, 5.41) is 9.41. The van der Waals surface area contributed by atoms with Gasteiger partial charge in [0.1, 0.15) is 16.4 Å². The molecule has 0 bridgehead atoms. The number of rotatable bonds is 8. The van der Waals surface area contributed by atoms with Gasteiger partial charge in [-0.1, -0.05) is 11.2 Å². The van der Waals surface area contributed by atoms with Crippen molar-refractivity contribution in [3.05, 3.63) is 60.0 Å². The summed E-state index contributed by atoms with van der Waals surface area (Å²) in [6, 6.07) is 12.3. The first kappa shape index (κ1) is 21.8. The lowest BCUT2D eigenvalue weighted by Crippen LogP contribution is -2.29. The molecule has 0 amide bonds. The van der Waals surface area contributed by atoms with Crippen LogP contribution in [0.25, 0.3) is 10.9 Å². The number of hydrogen-bond acceptors (Lipinski definition) is 6. The Hall–Kier alpha value is -3.37. The van der Waals surface area contributed by atoms with E-state index in [9.17, 15) is 8.42 Å². The second kappa shape index (κ2) is 8.64.